The van der Waals surface area contributed by atoms with E-state index in [1.54, 1.807) is 69.0 Å². The third-order valence-corrected chi connectivity index (χ3v) is 15.9. The van der Waals surface area contributed by atoms with Crippen LogP contribution in [0, 0.1) is 12.1 Å². The molecule has 0 aromatic heterocycles. The predicted octanol–water partition coefficient (Wildman–Crippen LogP) is 6.53. The highest BCUT2D eigenvalue weighted by atomic mass is 16.6. The maximum atomic E-state index is 6.89. The molecule has 32 nitrogen and oxygen atoms in total. The van der Waals surface area contributed by atoms with Gasteiger partial charge in [0, 0.05) is 122 Å². The van der Waals surface area contributed by atoms with Gasteiger partial charge >= 0.3 is 0 Å². The minimum Gasteiger partial charge on any atom is -0.491 e. The van der Waals surface area contributed by atoms with E-state index in [0.29, 0.717) is 271 Å². The summed E-state index contributed by atoms with van der Waals surface area (Å²) in [5.74, 6) is 4.19. The van der Waals surface area contributed by atoms with Crippen molar-refractivity contribution in [3.05, 3.63) is 94.0 Å². The van der Waals surface area contributed by atoms with E-state index < -0.39 is 0 Å². The number of ether oxygens (including phenoxy) is 32. The first-order valence-electron chi connectivity index (χ1n) is 39.5. The minimum atomic E-state index is 0.161. The van der Waals surface area contributed by atoms with Crippen LogP contribution < -0.4 is 37.9 Å². The molecule has 0 saturated carbocycles. The van der Waals surface area contributed by atoms with Crippen molar-refractivity contribution in [3.63, 3.8) is 0 Å². The first-order valence-corrected chi connectivity index (χ1v) is 39.5. The third kappa shape index (κ3) is 52.8. The lowest BCUT2D eigenvalue weighted by molar-refractivity contribution is 0.0175. The molecule has 0 atom stereocenters. The van der Waals surface area contributed by atoms with Crippen molar-refractivity contribution in [2.24, 2.45) is 0 Å². The zero-order chi connectivity index (χ0) is 81.8. The van der Waals surface area contributed by atoms with E-state index in [9.17, 15) is 0 Å². The Kier molecular flexibility index (Phi) is 66.0. The fourth-order valence-corrected chi connectivity index (χ4v) is 10.1. The molecule has 0 heterocycles. The maximum absolute atomic E-state index is 6.89. The zero-order valence-electron chi connectivity index (χ0n) is 69.7. The van der Waals surface area contributed by atoms with Crippen molar-refractivity contribution in [2.75, 3.05) is 374 Å². The summed E-state index contributed by atoms with van der Waals surface area (Å²) in [5.41, 5.74) is 4.48. The largest absolute Gasteiger partial charge is 0.491 e. The highest BCUT2D eigenvalue weighted by Crippen LogP contribution is 2.40. The van der Waals surface area contributed by atoms with Gasteiger partial charge in [-0.1, -0.05) is 0 Å². The molecule has 0 spiro atoms. The van der Waals surface area contributed by atoms with Crippen molar-refractivity contribution in [1.29, 1.82) is 0 Å². The fourth-order valence-electron chi connectivity index (χ4n) is 10.1. The van der Waals surface area contributed by atoms with Crippen LogP contribution in [-0.2, 0) is 133 Å². The summed E-state index contributed by atoms with van der Waals surface area (Å²) >= 11 is 0. The zero-order valence-corrected chi connectivity index (χ0v) is 69.7. The molecular formula is C83H134O32. The second-order valence-corrected chi connectivity index (χ2v) is 24.6. The van der Waals surface area contributed by atoms with Crippen LogP contribution in [0.25, 0.3) is 0 Å². The van der Waals surface area contributed by atoms with Gasteiger partial charge in [0.05, 0.1) is 264 Å². The molecule has 32 heteroatoms. The van der Waals surface area contributed by atoms with Crippen LogP contribution in [-0.4, -0.2) is 374 Å². The van der Waals surface area contributed by atoms with Crippen LogP contribution in [0.5, 0.6) is 46.0 Å². The Balaban J connectivity index is 1.94. The molecular weight excluding hydrogens is 1510 g/mol. The average Bonchev–Trinajstić information content (AvgIpc) is 0.447. The summed E-state index contributed by atoms with van der Waals surface area (Å²) in [6.07, 6.45) is 0.762. The lowest BCUT2D eigenvalue weighted by Crippen LogP contribution is -2.15. The van der Waals surface area contributed by atoms with Gasteiger partial charge in [0.2, 0.25) is 0 Å². The topological polar surface area (TPSA) is 295 Å². The van der Waals surface area contributed by atoms with E-state index in [1.807, 2.05) is 36.4 Å². The molecule has 0 aliphatic carbocycles. The average molecular weight is 1640 g/mol. The number of benzene rings is 4. The molecule has 0 saturated heterocycles. The monoisotopic (exact) mass is 1640 g/mol. The Morgan fingerprint density at radius 3 is 0.470 bits per heavy atom. The molecule has 115 heavy (non-hydrogen) atoms. The summed E-state index contributed by atoms with van der Waals surface area (Å²) < 4.78 is 187. The van der Waals surface area contributed by atoms with Gasteiger partial charge in [-0.2, -0.15) is 0 Å². The van der Waals surface area contributed by atoms with Gasteiger partial charge in [0.25, 0.3) is 0 Å². The van der Waals surface area contributed by atoms with Gasteiger partial charge in [-0.05, 0) is 48.5 Å². The second-order valence-electron chi connectivity index (χ2n) is 24.6. The van der Waals surface area contributed by atoms with E-state index >= 15 is 0 Å². The van der Waals surface area contributed by atoms with Crippen LogP contribution in [0.1, 0.15) is 33.4 Å². The highest BCUT2D eigenvalue weighted by molar-refractivity contribution is 5.56. The molecule has 0 fully saturated rings. The Morgan fingerprint density at radius 1 is 0.157 bits per heavy atom. The molecule has 0 bridgehead atoms. The van der Waals surface area contributed by atoms with Crippen molar-refractivity contribution >= 4 is 0 Å². The van der Waals surface area contributed by atoms with Gasteiger partial charge < -0.3 is 152 Å². The number of hydrogen-bond acceptors (Lipinski definition) is 32. The summed E-state index contributed by atoms with van der Waals surface area (Å²) in [6, 6.07) is 21.9. The first-order chi connectivity index (χ1) is 56.9. The molecule has 0 unspecified atom stereocenters. The smallest absolute Gasteiger partial charge is 0.127 e. The fraction of sp³-hybridized carbons (Fsp3) is 0.711. The normalized spacial score (nSPS) is 11.5. The third-order valence-electron chi connectivity index (χ3n) is 15.9. The number of methoxy groups -OCH3 is 8. The summed E-state index contributed by atoms with van der Waals surface area (Å²) in [6.45, 7) is 17.2. The van der Waals surface area contributed by atoms with Crippen LogP contribution in [0.15, 0.2) is 48.5 Å². The van der Waals surface area contributed by atoms with Crippen LogP contribution in [0.2, 0.25) is 0 Å². The molecule has 0 N–H and O–H groups in total. The van der Waals surface area contributed by atoms with E-state index in [1.165, 1.54) is 0 Å². The Labute approximate surface area is 682 Å². The quantitative estimate of drug-likeness (QED) is 0.0424. The maximum Gasteiger partial charge on any atom is 0.127 e. The molecule has 0 amide bonds. The number of rotatable bonds is 86. The highest BCUT2D eigenvalue weighted by Gasteiger charge is 2.22. The molecule has 658 valence electrons. The molecule has 4 rings (SSSR count). The van der Waals surface area contributed by atoms with E-state index in [4.69, 9.17) is 152 Å². The van der Waals surface area contributed by atoms with Gasteiger partial charge in [-0.25, -0.2) is 0 Å². The molecule has 0 aliphatic heterocycles. The Hall–Kier alpha value is -5.68. The van der Waals surface area contributed by atoms with E-state index in [2.05, 4.69) is 12.1 Å². The van der Waals surface area contributed by atoms with E-state index in [0.717, 1.165) is 33.4 Å². The van der Waals surface area contributed by atoms with Gasteiger partial charge in [-0.3, -0.25) is 0 Å². The summed E-state index contributed by atoms with van der Waals surface area (Å²) in [5, 5.41) is 0. The summed E-state index contributed by atoms with van der Waals surface area (Å²) in [7, 11) is 13.0. The van der Waals surface area contributed by atoms with Crippen molar-refractivity contribution < 1.29 is 152 Å². The SMILES string of the molecule is COCCOCCOCCOc1[c]cc(OCCOCCOCCOC)c(Cc2cc(OCCOCCOCCOC)c(Cc3cc(OCCOCCOCCOC)c(Cc4cc(OCCOCCOCCOC)[c]cc4OCCOCCOCCOC)cc3OCCOCCOCCOC)cc2OCCOCCOCCOC)c1. The molecule has 4 aromatic carbocycles. The van der Waals surface area contributed by atoms with E-state index in [-0.39, 0.29) is 112 Å². The Bertz CT molecular complexity index is 2680. The molecule has 4 aromatic rings. The standard InChI is InChI=1S/C83H134O32/c1-84-13-21-92-29-37-100-45-53-108-76-9-11-78(110-55-47-102-39-31-94-23-15-86-3)70(64-76)61-72-66-82(114-59-51-106-43-35-98-27-19-90-7)74(68-80(72)112-57-49-104-41-33-96-25-17-88-5)63-75-69-81(113-58-50-105-42-34-97-26-18-89-6)73(67-83(75)115-60-52-107-44-36-99-28-20-91-8)62-71-65-77(109-54-46-101-38-30-93-22-14-85-2)10-12-79(71)111-56-48-103-40-32-95-24-16-87-4/h11-12,64-69H,13-63H2,1-8H3. The predicted molar refractivity (Wildman–Crippen MR) is 424 cm³/mol. The van der Waals surface area contributed by atoms with Crippen LogP contribution in [0.3, 0.4) is 0 Å². The Morgan fingerprint density at radius 2 is 0.296 bits per heavy atom. The number of hydrogen-bond donors (Lipinski definition) is 0. The lowest BCUT2D eigenvalue weighted by Gasteiger charge is -2.22. The lowest BCUT2D eigenvalue weighted by atomic mass is 9.95. The van der Waals surface area contributed by atoms with Gasteiger partial charge in [0.15, 0.2) is 0 Å². The first kappa shape index (κ1) is 102. The van der Waals surface area contributed by atoms with Gasteiger partial charge in [0.1, 0.15) is 98.9 Å². The van der Waals surface area contributed by atoms with Crippen molar-refractivity contribution in [2.45, 2.75) is 19.3 Å². The summed E-state index contributed by atoms with van der Waals surface area (Å²) in [4.78, 5) is 0. The van der Waals surface area contributed by atoms with Crippen molar-refractivity contribution in [3.8, 4) is 46.0 Å². The second kappa shape index (κ2) is 74.6. The molecule has 0 aliphatic rings. The van der Waals surface area contributed by atoms with Gasteiger partial charge in [-0.15, -0.1) is 0 Å². The van der Waals surface area contributed by atoms with Crippen LogP contribution in [0.4, 0.5) is 0 Å². The molecule has 2 radical (unpaired) electrons. The minimum absolute atomic E-state index is 0.161. The van der Waals surface area contributed by atoms with Crippen molar-refractivity contribution in [1.82, 2.24) is 0 Å². The van der Waals surface area contributed by atoms with Crippen LogP contribution >= 0.6 is 0 Å².